The van der Waals surface area contributed by atoms with E-state index in [1.54, 1.807) is 4.90 Å². The van der Waals surface area contributed by atoms with Gasteiger partial charge in [0.25, 0.3) is 0 Å². The van der Waals surface area contributed by atoms with Crippen molar-refractivity contribution in [2.45, 2.75) is 69.3 Å². The van der Waals surface area contributed by atoms with E-state index in [2.05, 4.69) is 34.3 Å². The molecule has 3 fully saturated rings. The van der Waals surface area contributed by atoms with Crippen molar-refractivity contribution < 1.29 is 49.3 Å². The molecule has 0 aromatic heterocycles. The molecular formula is C17H31N4Na2O10P-2. The summed E-state index contributed by atoms with van der Waals surface area (Å²) >= 11 is 0. The standard InChI is InChI=1S/C17H31N4O9P.2Na.H2O/c1-7-3-9-10(4-8(7)2)21(15-13(18-9)16(25)20-17(26)19-15)5-11(22)14(24)12(23)6-30-31(27,28)29;;;/h7-15,18,22-24H,3-6H2,1-2H3,(H2,27,28,29)(H2,19,20,25,26);;;1H2/p-2/t7?,8?,9?,10?,11-,12+,13?,14-,15?;;;/m1.../s1. The molecule has 14 nitrogen and oxygen atoms in total. The Bertz CT molecular complexity index is 749. The fraction of sp³-hybridized carbons (Fsp3) is 0.882. The smallest absolute Gasteiger partial charge is 0.322 e. The third-order valence-corrected chi connectivity index (χ3v) is 7.02. The van der Waals surface area contributed by atoms with Crippen molar-refractivity contribution in [3.8, 4) is 0 Å². The van der Waals surface area contributed by atoms with Crippen LogP contribution in [0.15, 0.2) is 0 Å². The second-order valence-corrected chi connectivity index (χ2v) is 9.87. The zero-order chi connectivity index (χ0) is 23.1. The summed E-state index contributed by atoms with van der Waals surface area (Å²) in [6.07, 6.45) is -4.55. The van der Waals surface area contributed by atoms with Gasteiger partial charge in [-0.25, -0.2) is 4.79 Å². The predicted octanol–water partition coefficient (Wildman–Crippen LogP) is -5.43. The van der Waals surface area contributed by atoms with Crippen molar-refractivity contribution in [2.24, 2.45) is 11.8 Å². The molecule has 188 valence electrons. The fourth-order valence-electron chi connectivity index (χ4n) is 4.67. The third-order valence-electron chi connectivity index (χ3n) is 6.56. The molecule has 2 saturated heterocycles. The fourth-order valence-corrected chi connectivity index (χ4v) is 5.01. The van der Waals surface area contributed by atoms with Crippen molar-refractivity contribution in [1.29, 1.82) is 0 Å². The summed E-state index contributed by atoms with van der Waals surface area (Å²) in [6, 6.07) is -1.72. The number of fused-ring (bicyclic) bond motifs is 2. The Hall–Kier alpha value is 0.810. The molecule has 3 rings (SSSR count). The number of hydrogen-bond donors (Lipinski definition) is 6. The van der Waals surface area contributed by atoms with E-state index in [1.165, 1.54) is 0 Å². The largest absolute Gasteiger partial charge is 0.790 e. The second-order valence-electron chi connectivity index (χ2n) is 8.72. The van der Waals surface area contributed by atoms with Gasteiger partial charge in [0.05, 0.1) is 20.5 Å². The molecule has 17 heteroatoms. The van der Waals surface area contributed by atoms with E-state index in [1.807, 2.05) is 0 Å². The van der Waals surface area contributed by atoms with Crippen LogP contribution in [-0.4, -0.2) is 153 Å². The Kier molecular flexibility index (Phi) is 14.4. The third kappa shape index (κ3) is 8.42. The summed E-state index contributed by atoms with van der Waals surface area (Å²) in [7, 11) is -5.35. The monoisotopic (exact) mass is 528 g/mol. The number of nitrogens with zero attached hydrogens (tertiary/aromatic N) is 1. The van der Waals surface area contributed by atoms with E-state index in [0.29, 0.717) is 18.3 Å². The van der Waals surface area contributed by atoms with Crippen LogP contribution in [0.4, 0.5) is 4.79 Å². The topological polar surface area (TPSA) is 238 Å². The predicted molar refractivity (Wildman–Crippen MR) is 116 cm³/mol. The average molecular weight is 528 g/mol. The second kappa shape index (κ2) is 14.1. The Morgan fingerprint density at radius 3 is 2.29 bits per heavy atom. The number of hydrogen-bond acceptors (Lipinski definition) is 11. The van der Waals surface area contributed by atoms with Gasteiger partial charge in [0.2, 0.25) is 5.91 Å². The molecule has 34 heavy (non-hydrogen) atoms. The Morgan fingerprint density at radius 1 is 1.12 bits per heavy atom. The number of β-amino-alcohol motifs (C(OH)–C–C–N with tert-alkyl or cyclic N) is 1. The first-order valence-electron chi connectivity index (χ1n) is 10.2. The van der Waals surface area contributed by atoms with Gasteiger partial charge in [-0.3, -0.25) is 20.3 Å². The zero-order valence-corrected chi connectivity index (χ0v) is 24.6. The molecule has 3 aliphatic rings. The van der Waals surface area contributed by atoms with Gasteiger partial charge in [-0.1, -0.05) is 13.8 Å². The Labute approximate surface area is 241 Å². The molecule has 0 bridgehead atoms. The summed E-state index contributed by atoms with van der Waals surface area (Å²) in [4.78, 5) is 47.2. The molecule has 8 N–H and O–H groups in total. The number of amides is 3. The molecule has 2 aliphatic heterocycles. The van der Waals surface area contributed by atoms with E-state index >= 15 is 0 Å². The van der Waals surface area contributed by atoms with Crippen LogP contribution in [0.2, 0.25) is 0 Å². The summed E-state index contributed by atoms with van der Waals surface area (Å²) in [5.74, 6) is 0.214. The first-order chi connectivity index (χ1) is 14.4. The summed E-state index contributed by atoms with van der Waals surface area (Å²) < 4.78 is 14.5. The summed E-state index contributed by atoms with van der Waals surface area (Å²) in [5.41, 5.74) is 0. The number of aliphatic hydroxyl groups is 3. The first-order valence-corrected chi connectivity index (χ1v) is 11.7. The number of aliphatic hydroxyl groups excluding tert-OH is 3. The van der Waals surface area contributed by atoms with Crippen LogP contribution in [-0.2, 0) is 13.9 Å². The Balaban J connectivity index is 0.00000363. The van der Waals surface area contributed by atoms with Crippen LogP contribution in [0.25, 0.3) is 0 Å². The van der Waals surface area contributed by atoms with Gasteiger partial charge in [0.1, 0.15) is 24.4 Å². The van der Waals surface area contributed by atoms with Gasteiger partial charge in [-0.05, 0) is 24.7 Å². The normalized spacial score (nSPS) is 33.9. The number of phosphoric acid groups is 1. The molecule has 9 atom stereocenters. The van der Waals surface area contributed by atoms with Crippen LogP contribution in [0.5, 0.6) is 0 Å². The minimum Gasteiger partial charge on any atom is -0.790 e. The zero-order valence-electron chi connectivity index (χ0n) is 19.7. The molecule has 6 unspecified atom stereocenters. The van der Waals surface area contributed by atoms with E-state index in [0.717, 1.165) is 6.42 Å². The van der Waals surface area contributed by atoms with Gasteiger partial charge in [0, 0.05) is 77.7 Å². The number of piperazine rings is 1. The van der Waals surface area contributed by atoms with Gasteiger partial charge in [-0.15, -0.1) is 0 Å². The molecule has 2 radical (unpaired) electrons. The van der Waals surface area contributed by atoms with Crippen molar-refractivity contribution in [3.05, 3.63) is 0 Å². The minimum atomic E-state index is -5.35. The molecule has 2 heterocycles. The number of carbonyl (C=O) groups excluding carboxylic acids is 2. The van der Waals surface area contributed by atoms with Gasteiger partial charge >= 0.3 is 6.03 Å². The quantitative estimate of drug-likeness (QED) is 0.135. The van der Waals surface area contributed by atoms with Gasteiger partial charge in [0.15, 0.2) is 0 Å². The summed E-state index contributed by atoms with van der Waals surface area (Å²) in [5, 5.41) is 38.8. The summed E-state index contributed by atoms with van der Waals surface area (Å²) in [6.45, 7) is 2.98. The number of nitrogens with one attached hydrogen (secondary N) is 3. The SMILES string of the molecule is CC1CC2NC3C(=O)NC(=O)NC3N(C[C@@H](O)[C@@H](O)[C@@H](O)COP(=O)([O-])[O-])C2CC1C.O.[Na].[Na]. The van der Waals surface area contributed by atoms with Gasteiger partial charge < -0.3 is 45.0 Å². The number of urea groups is 1. The van der Waals surface area contributed by atoms with E-state index < -0.39 is 56.9 Å². The molecule has 0 aromatic rings. The van der Waals surface area contributed by atoms with Gasteiger partial charge in [-0.2, -0.15) is 0 Å². The molecule has 1 saturated carbocycles. The van der Waals surface area contributed by atoms with Crippen LogP contribution in [0, 0.1) is 11.8 Å². The maximum absolute atomic E-state index is 12.4. The number of imide groups is 1. The maximum atomic E-state index is 12.4. The number of carbonyl (C=O) groups is 2. The molecule has 0 aromatic carbocycles. The minimum absolute atomic E-state index is 0. The molecule has 1 aliphatic carbocycles. The number of rotatable bonds is 7. The van der Waals surface area contributed by atoms with E-state index in [9.17, 15) is 39.3 Å². The van der Waals surface area contributed by atoms with Crippen molar-refractivity contribution in [2.75, 3.05) is 13.2 Å². The van der Waals surface area contributed by atoms with Crippen LogP contribution < -0.4 is 25.7 Å². The Morgan fingerprint density at radius 2 is 1.71 bits per heavy atom. The molecular weight excluding hydrogens is 497 g/mol. The molecule has 0 spiro atoms. The van der Waals surface area contributed by atoms with Crippen molar-refractivity contribution >= 4 is 78.9 Å². The van der Waals surface area contributed by atoms with Crippen molar-refractivity contribution in [1.82, 2.24) is 20.9 Å². The van der Waals surface area contributed by atoms with Crippen molar-refractivity contribution in [3.63, 3.8) is 0 Å². The average Bonchev–Trinajstić information content (AvgIpc) is 2.67. The van der Waals surface area contributed by atoms with E-state index in [-0.39, 0.29) is 83.2 Å². The van der Waals surface area contributed by atoms with Crippen LogP contribution in [0.3, 0.4) is 0 Å². The first kappa shape index (κ1) is 34.8. The van der Waals surface area contributed by atoms with Crippen LogP contribution >= 0.6 is 7.82 Å². The maximum Gasteiger partial charge on any atom is 0.322 e. The van der Waals surface area contributed by atoms with Crippen LogP contribution in [0.1, 0.15) is 26.7 Å². The number of phosphoric ester groups is 1. The molecule has 3 amide bonds. The van der Waals surface area contributed by atoms with E-state index in [4.69, 9.17) is 0 Å².